The van der Waals surface area contributed by atoms with Gasteiger partial charge in [-0.15, -0.1) is 0 Å². The Hall–Kier alpha value is -1.29. The van der Waals surface area contributed by atoms with Gasteiger partial charge in [-0.3, -0.25) is 4.72 Å². The second-order valence-corrected chi connectivity index (χ2v) is 7.95. The zero-order valence-electron chi connectivity index (χ0n) is 12.9. The zero-order valence-corrected chi connectivity index (χ0v) is 13.7. The fourth-order valence-corrected chi connectivity index (χ4v) is 3.86. The maximum Gasteiger partial charge on any atom is 0.261 e. The van der Waals surface area contributed by atoms with Gasteiger partial charge in [0.05, 0.1) is 4.90 Å². The van der Waals surface area contributed by atoms with Crippen LogP contribution in [0, 0.1) is 11.8 Å². The van der Waals surface area contributed by atoms with E-state index in [0.717, 1.165) is 18.5 Å². The van der Waals surface area contributed by atoms with E-state index in [1.807, 2.05) is 12.1 Å². The highest BCUT2D eigenvalue weighted by Crippen LogP contribution is 2.28. The number of nitrogens with one attached hydrogen (secondary N) is 1. The van der Waals surface area contributed by atoms with Crippen LogP contribution in [0.15, 0.2) is 47.0 Å². The van der Waals surface area contributed by atoms with Gasteiger partial charge in [0.1, 0.15) is 0 Å². The Bertz CT molecular complexity index is 576. The van der Waals surface area contributed by atoms with Crippen molar-refractivity contribution in [3.8, 4) is 0 Å². The van der Waals surface area contributed by atoms with Crippen LogP contribution in [0.3, 0.4) is 0 Å². The standard InChI is InChI=1S/C17H25NO2S/c1-14(2)11-12-15-7-6-8-16(13-15)18-21(19,20)17-9-4-3-5-10-17/h3-5,8-10,14-15,18H,6-7,11-13H2,1-2H3. The van der Waals surface area contributed by atoms with Gasteiger partial charge >= 0.3 is 0 Å². The summed E-state index contributed by atoms with van der Waals surface area (Å²) in [6.07, 6.45) is 7.41. The molecule has 0 radical (unpaired) electrons. The number of benzene rings is 1. The third-order valence-electron chi connectivity index (χ3n) is 3.95. The molecule has 4 heteroatoms. The summed E-state index contributed by atoms with van der Waals surface area (Å²) >= 11 is 0. The predicted molar refractivity (Wildman–Crippen MR) is 86.3 cm³/mol. The van der Waals surface area contributed by atoms with E-state index in [1.165, 1.54) is 19.3 Å². The Morgan fingerprint density at radius 1 is 1.24 bits per heavy atom. The fraction of sp³-hybridized carbons (Fsp3) is 0.529. The van der Waals surface area contributed by atoms with Crippen LogP contribution in [0.4, 0.5) is 0 Å². The molecule has 0 aliphatic heterocycles. The van der Waals surface area contributed by atoms with E-state index < -0.39 is 10.0 Å². The molecule has 1 aromatic carbocycles. The van der Waals surface area contributed by atoms with Crippen molar-refractivity contribution in [2.45, 2.75) is 50.8 Å². The van der Waals surface area contributed by atoms with Crippen molar-refractivity contribution in [1.82, 2.24) is 4.72 Å². The van der Waals surface area contributed by atoms with Gasteiger partial charge < -0.3 is 0 Å². The molecule has 0 fully saturated rings. The summed E-state index contributed by atoms with van der Waals surface area (Å²) in [5.74, 6) is 1.31. The zero-order chi connectivity index (χ0) is 15.3. The molecule has 0 aromatic heterocycles. The maximum absolute atomic E-state index is 12.3. The van der Waals surface area contributed by atoms with Crippen molar-refractivity contribution in [3.63, 3.8) is 0 Å². The number of sulfonamides is 1. The molecule has 0 heterocycles. The maximum atomic E-state index is 12.3. The molecule has 0 amide bonds. The molecule has 116 valence electrons. The smallest absolute Gasteiger partial charge is 0.261 e. The van der Waals surface area contributed by atoms with E-state index in [9.17, 15) is 8.42 Å². The lowest BCUT2D eigenvalue weighted by molar-refractivity contribution is 0.384. The van der Waals surface area contributed by atoms with Crippen molar-refractivity contribution in [2.24, 2.45) is 11.8 Å². The van der Waals surface area contributed by atoms with Crippen molar-refractivity contribution >= 4 is 10.0 Å². The Balaban J connectivity index is 1.98. The molecule has 2 rings (SSSR count). The van der Waals surface area contributed by atoms with E-state index in [4.69, 9.17) is 0 Å². The first kappa shape index (κ1) is 16.1. The van der Waals surface area contributed by atoms with Gasteiger partial charge in [0.25, 0.3) is 10.0 Å². The molecular weight excluding hydrogens is 282 g/mol. The summed E-state index contributed by atoms with van der Waals surface area (Å²) in [6, 6.07) is 8.56. The minimum absolute atomic E-state index is 0.329. The van der Waals surface area contributed by atoms with E-state index >= 15 is 0 Å². The second kappa shape index (κ2) is 7.12. The molecule has 1 aromatic rings. The van der Waals surface area contributed by atoms with Crippen LogP contribution in [0.5, 0.6) is 0 Å². The van der Waals surface area contributed by atoms with Gasteiger partial charge in [-0.25, -0.2) is 8.42 Å². The van der Waals surface area contributed by atoms with E-state index in [-0.39, 0.29) is 0 Å². The third kappa shape index (κ3) is 4.88. The van der Waals surface area contributed by atoms with Crippen LogP contribution in [-0.2, 0) is 10.0 Å². The number of rotatable bonds is 6. The largest absolute Gasteiger partial charge is 0.284 e. The normalized spacial score (nSPS) is 19.4. The lowest BCUT2D eigenvalue weighted by Crippen LogP contribution is -2.26. The molecule has 0 bridgehead atoms. The first-order valence-electron chi connectivity index (χ1n) is 7.74. The summed E-state index contributed by atoms with van der Waals surface area (Å²) < 4.78 is 27.4. The lowest BCUT2D eigenvalue weighted by Gasteiger charge is -2.24. The molecule has 1 aliphatic rings. The highest BCUT2D eigenvalue weighted by molar-refractivity contribution is 7.89. The highest BCUT2D eigenvalue weighted by atomic mass is 32.2. The van der Waals surface area contributed by atoms with Crippen molar-refractivity contribution in [1.29, 1.82) is 0 Å². The third-order valence-corrected chi connectivity index (χ3v) is 5.37. The van der Waals surface area contributed by atoms with E-state index in [1.54, 1.807) is 24.3 Å². The minimum atomic E-state index is -3.43. The molecule has 3 nitrogen and oxygen atoms in total. The topological polar surface area (TPSA) is 46.2 Å². The van der Waals surface area contributed by atoms with Crippen LogP contribution in [0.25, 0.3) is 0 Å². The first-order chi connectivity index (χ1) is 9.97. The van der Waals surface area contributed by atoms with Crippen LogP contribution >= 0.6 is 0 Å². The van der Waals surface area contributed by atoms with E-state index in [0.29, 0.717) is 16.7 Å². The SMILES string of the molecule is CC(C)CCC1CCC=C(NS(=O)(=O)c2ccccc2)C1. The highest BCUT2D eigenvalue weighted by Gasteiger charge is 2.20. The molecule has 1 aliphatic carbocycles. The average molecular weight is 307 g/mol. The summed E-state index contributed by atoms with van der Waals surface area (Å²) in [5, 5.41) is 0. The van der Waals surface area contributed by atoms with Gasteiger partial charge in [-0.05, 0) is 49.7 Å². The lowest BCUT2D eigenvalue weighted by atomic mass is 9.87. The Kier molecular flexibility index (Phi) is 5.45. The van der Waals surface area contributed by atoms with Gasteiger partial charge in [-0.1, -0.05) is 44.5 Å². The van der Waals surface area contributed by atoms with Gasteiger partial charge in [0, 0.05) is 5.70 Å². The van der Waals surface area contributed by atoms with Gasteiger partial charge in [-0.2, -0.15) is 0 Å². The molecule has 0 saturated heterocycles. The fourth-order valence-electron chi connectivity index (χ4n) is 2.72. The summed E-state index contributed by atoms with van der Waals surface area (Å²) in [4.78, 5) is 0.329. The molecular formula is C17H25NO2S. The molecule has 1 N–H and O–H groups in total. The number of allylic oxidation sites excluding steroid dienone is 2. The Morgan fingerprint density at radius 3 is 2.62 bits per heavy atom. The Labute approximate surface area is 128 Å². The summed E-state index contributed by atoms with van der Waals surface area (Å²) in [6.45, 7) is 4.47. The summed E-state index contributed by atoms with van der Waals surface area (Å²) in [5.41, 5.74) is 0.860. The number of hydrogen-bond donors (Lipinski definition) is 1. The monoisotopic (exact) mass is 307 g/mol. The van der Waals surface area contributed by atoms with Crippen LogP contribution in [-0.4, -0.2) is 8.42 Å². The van der Waals surface area contributed by atoms with E-state index in [2.05, 4.69) is 18.6 Å². The molecule has 1 unspecified atom stereocenters. The van der Waals surface area contributed by atoms with Crippen LogP contribution in [0.2, 0.25) is 0 Å². The molecule has 21 heavy (non-hydrogen) atoms. The predicted octanol–water partition coefficient (Wildman–Crippen LogP) is 4.09. The van der Waals surface area contributed by atoms with Crippen molar-refractivity contribution in [2.75, 3.05) is 0 Å². The van der Waals surface area contributed by atoms with Crippen LogP contribution < -0.4 is 4.72 Å². The summed E-state index contributed by atoms with van der Waals surface area (Å²) in [7, 11) is -3.43. The second-order valence-electron chi connectivity index (χ2n) is 6.27. The molecule has 0 saturated carbocycles. The van der Waals surface area contributed by atoms with Crippen molar-refractivity contribution in [3.05, 3.63) is 42.1 Å². The quantitative estimate of drug-likeness (QED) is 0.860. The first-order valence-corrected chi connectivity index (χ1v) is 9.22. The van der Waals surface area contributed by atoms with Crippen LogP contribution in [0.1, 0.15) is 46.0 Å². The molecule has 1 atom stereocenters. The average Bonchev–Trinajstić information content (AvgIpc) is 2.46. The minimum Gasteiger partial charge on any atom is -0.284 e. The van der Waals surface area contributed by atoms with Gasteiger partial charge in [0.2, 0.25) is 0 Å². The Morgan fingerprint density at radius 2 is 1.95 bits per heavy atom. The van der Waals surface area contributed by atoms with Crippen molar-refractivity contribution < 1.29 is 8.42 Å². The molecule has 0 spiro atoms. The number of hydrogen-bond acceptors (Lipinski definition) is 2. The van der Waals surface area contributed by atoms with Gasteiger partial charge in [0.15, 0.2) is 0 Å².